The van der Waals surface area contributed by atoms with Crippen molar-refractivity contribution >= 4 is 11.9 Å². The molecule has 0 spiro atoms. The summed E-state index contributed by atoms with van der Waals surface area (Å²) >= 11 is 0. The van der Waals surface area contributed by atoms with Crippen molar-refractivity contribution < 1.29 is 9.59 Å². The van der Waals surface area contributed by atoms with E-state index in [1.165, 1.54) is 0 Å². The molecule has 0 atom stereocenters. The van der Waals surface area contributed by atoms with Gasteiger partial charge in [-0.15, -0.1) is 0 Å². The van der Waals surface area contributed by atoms with Crippen LogP contribution in [0.25, 0.3) is 5.69 Å². The lowest BCUT2D eigenvalue weighted by Gasteiger charge is -2.18. The van der Waals surface area contributed by atoms with E-state index in [0.29, 0.717) is 26.1 Å². The van der Waals surface area contributed by atoms with Crippen LogP contribution >= 0.6 is 0 Å². The summed E-state index contributed by atoms with van der Waals surface area (Å²) in [5.41, 5.74) is 1.96. The van der Waals surface area contributed by atoms with Gasteiger partial charge in [-0.25, -0.2) is 9.48 Å². The molecule has 26 heavy (non-hydrogen) atoms. The van der Waals surface area contributed by atoms with Gasteiger partial charge in [0.25, 0.3) is 0 Å². The molecule has 1 aromatic carbocycles. The van der Waals surface area contributed by atoms with Gasteiger partial charge in [-0.1, -0.05) is 18.2 Å². The van der Waals surface area contributed by atoms with E-state index in [1.54, 1.807) is 22.8 Å². The number of carbonyl (C=O) groups is 2. The van der Waals surface area contributed by atoms with Crippen molar-refractivity contribution in [2.45, 2.75) is 25.8 Å². The number of nitrogens with zero attached hydrogens (tertiary/aromatic N) is 4. The number of hydrogen-bond acceptors (Lipinski definition) is 3. The Balaban J connectivity index is 1.41. The molecule has 3 amide bonds. The maximum atomic E-state index is 12.2. The van der Waals surface area contributed by atoms with E-state index in [9.17, 15) is 9.59 Å². The molecule has 1 aromatic heterocycles. The van der Waals surface area contributed by atoms with Gasteiger partial charge in [0.15, 0.2) is 0 Å². The number of aromatic nitrogens is 2. The predicted molar refractivity (Wildman–Crippen MR) is 98.9 cm³/mol. The lowest BCUT2D eigenvalue weighted by Crippen LogP contribution is -2.38. The first-order valence-corrected chi connectivity index (χ1v) is 8.99. The average Bonchev–Trinajstić information content (AvgIpc) is 3.28. The Kier molecular flexibility index (Phi) is 5.88. The molecule has 7 nitrogen and oxygen atoms in total. The number of hydrogen-bond donors (Lipinski definition) is 1. The van der Waals surface area contributed by atoms with E-state index >= 15 is 0 Å². The van der Waals surface area contributed by atoms with Crippen molar-refractivity contribution in [3.05, 3.63) is 48.3 Å². The standard InChI is InChI=1S/C19H25N5O2/c1-22(19(26)20-10-6-12-23-11-5-9-18(23)25)14-16-13-21-24(15-16)17-7-3-2-4-8-17/h2-4,7-8,13,15H,5-6,9-12,14H2,1H3,(H,20,26). The maximum absolute atomic E-state index is 12.2. The highest BCUT2D eigenvalue weighted by Crippen LogP contribution is 2.10. The molecule has 1 saturated heterocycles. The minimum atomic E-state index is -0.120. The Hall–Kier alpha value is -2.83. The van der Waals surface area contributed by atoms with Gasteiger partial charge in [0.05, 0.1) is 18.4 Å². The van der Waals surface area contributed by atoms with E-state index < -0.39 is 0 Å². The first kappa shape index (κ1) is 18.0. The molecule has 1 N–H and O–H groups in total. The smallest absolute Gasteiger partial charge is 0.317 e. The Morgan fingerprint density at radius 1 is 1.31 bits per heavy atom. The maximum Gasteiger partial charge on any atom is 0.317 e. The van der Waals surface area contributed by atoms with Gasteiger partial charge in [0.1, 0.15) is 0 Å². The second kappa shape index (κ2) is 8.51. The van der Waals surface area contributed by atoms with Crippen molar-refractivity contribution in [3.8, 4) is 5.69 Å². The number of likely N-dealkylation sites (tertiary alicyclic amines) is 1. The van der Waals surface area contributed by atoms with E-state index in [-0.39, 0.29) is 11.9 Å². The van der Waals surface area contributed by atoms with Gasteiger partial charge in [0, 0.05) is 44.9 Å². The molecular formula is C19H25N5O2. The van der Waals surface area contributed by atoms with Crippen LogP contribution in [0.3, 0.4) is 0 Å². The number of carbonyl (C=O) groups excluding carboxylic acids is 2. The SMILES string of the molecule is CN(Cc1cnn(-c2ccccc2)c1)C(=O)NCCCN1CCCC1=O. The van der Waals surface area contributed by atoms with E-state index in [0.717, 1.165) is 30.6 Å². The third-order valence-corrected chi connectivity index (χ3v) is 4.48. The number of rotatable bonds is 7. The summed E-state index contributed by atoms with van der Waals surface area (Å²) in [6, 6.07) is 9.74. The van der Waals surface area contributed by atoms with Gasteiger partial charge in [0.2, 0.25) is 5.91 Å². The molecule has 0 aliphatic carbocycles. The highest BCUT2D eigenvalue weighted by molar-refractivity contribution is 5.78. The zero-order valence-electron chi connectivity index (χ0n) is 15.1. The zero-order valence-corrected chi connectivity index (χ0v) is 15.1. The summed E-state index contributed by atoms with van der Waals surface area (Å²) < 4.78 is 1.80. The quantitative estimate of drug-likeness (QED) is 0.773. The topological polar surface area (TPSA) is 70.5 Å². The van der Waals surface area contributed by atoms with Crippen LogP contribution in [0.1, 0.15) is 24.8 Å². The molecule has 0 saturated carbocycles. The Labute approximate surface area is 153 Å². The highest BCUT2D eigenvalue weighted by atomic mass is 16.2. The van der Waals surface area contributed by atoms with Gasteiger partial charge in [-0.3, -0.25) is 4.79 Å². The first-order valence-electron chi connectivity index (χ1n) is 8.99. The molecule has 0 bridgehead atoms. The minimum absolute atomic E-state index is 0.120. The third kappa shape index (κ3) is 4.62. The Bertz CT molecular complexity index is 743. The van der Waals surface area contributed by atoms with Crippen LogP contribution in [-0.2, 0) is 11.3 Å². The fourth-order valence-electron chi connectivity index (χ4n) is 3.05. The Morgan fingerprint density at radius 2 is 2.12 bits per heavy atom. The second-order valence-corrected chi connectivity index (χ2v) is 6.55. The summed E-state index contributed by atoms with van der Waals surface area (Å²) in [6.07, 6.45) is 6.08. The van der Waals surface area contributed by atoms with E-state index in [2.05, 4.69) is 10.4 Å². The van der Waals surface area contributed by atoms with Crippen LogP contribution in [0.2, 0.25) is 0 Å². The number of nitrogens with one attached hydrogen (secondary N) is 1. The van der Waals surface area contributed by atoms with Crippen LogP contribution in [0.5, 0.6) is 0 Å². The van der Waals surface area contributed by atoms with Crippen molar-refractivity contribution in [2.75, 3.05) is 26.7 Å². The number of amides is 3. The summed E-state index contributed by atoms with van der Waals surface area (Å²) in [5.74, 6) is 0.226. The van der Waals surface area contributed by atoms with Crippen molar-refractivity contribution in [3.63, 3.8) is 0 Å². The molecule has 7 heteroatoms. The lowest BCUT2D eigenvalue weighted by molar-refractivity contribution is -0.127. The summed E-state index contributed by atoms with van der Waals surface area (Å²) in [7, 11) is 1.76. The normalized spacial score (nSPS) is 13.9. The van der Waals surface area contributed by atoms with Crippen LogP contribution in [0.15, 0.2) is 42.7 Å². The summed E-state index contributed by atoms with van der Waals surface area (Å²) in [5, 5.41) is 7.25. The average molecular weight is 355 g/mol. The zero-order chi connectivity index (χ0) is 18.4. The summed E-state index contributed by atoms with van der Waals surface area (Å²) in [4.78, 5) is 27.2. The van der Waals surface area contributed by atoms with Crippen LogP contribution < -0.4 is 5.32 Å². The van der Waals surface area contributed by atoms with E-state index in [4.69, 9.17) is 0 Å². The highest BCUT2D eigenvalue weighted by Gasteiger charge is 2.19. The molecule has 2 aromatic rings. The molecule has 1 fully saturated rings. The third-order valence-electron chi connectivity index (χ3n) is 4.48. The van der Waals surface area contributed by atoms with Crippen LogP contribution in [-0.4, -0.2) is 58.2 Å². The van der Waals surface area contributed by atoms with Gasteiger partial charge < -0.3 is 15.1 Å². The molecule has 138 valence electrons. The monoisotopic (exact) mass is 355 g/mol. The molecule has 3 rings (SSSR count). The van der Waals surface area contributed by atoms with Gasteiger partial charge in [-0.05, 0) is 25.0 Å². The molecule has 1 aliphatic heterocycles. The fourth-order valence-corrected chi connectivity index (χ4v) is 3.05. The number of benzene rings is 1. The Morgan fingerprint density at radius 3 is 2.85 bits per heavy atom. The second-order valence-electron chi connectivity index (χ2n) is 6.55. The van der Waals surface area contributed by atoms with E-state index in [1.807, 2.05) is 41.4 Å². The number of urea groups is 1. The molecular weight excluding hydrogens is 330 g/mol. The molecule has 0 unspecified atom stereocenters. The van der Waals surface area contributed by atoms with Crippen LogP contribution in [0.4, 0.5) is 4.79 Å². The van der Waals surface area contributed by atoms with Crippen LogP contribution in [0, 0.1) is 0 Å². The van der Waals surface area contributed by atoms with Gasteiger partial charge in [-0.2, -0.15) is 5.10 Å². The van der Waals surface area contributed by atoms with Crippen molar-refractivity contribution in [1.29, 1.82) is 0 Å². The van der Waals surface area contributed by atoms with Gasteiger partial charge >= 0.3 is 6.03 Å². The predicted octanol–water partition coefficient (Wildman–Crippen LogP) is 2.03. The lowest BCUT2D eigenvalue weighted by atomic mass is 10.3. The summed E-state index contributed by atoms with van der Waals surface area (Å²) in [6.45, 7) is 2.62. The largest absolute Gasteiger partial charge is 0.343 e. The molecule has 1 aliphatic rings. The molecule has 0 radical (unpaired) electrons. The number of para-hydroxylation sites is 1. The fraction of sp³-hybridized carbons (Fsp3) is 0.421. The minimum Gasteiger partial charge on any atom is -0.343 e. The molecule has 2 heterocycles. The van der Waals surface area contributed by atoms with Crippen molar-refractivity contribution in [2.24, 2.45) is 0 Å². The first-order chi connectivity index (χ1) is 12.6. The van der Waals surface area contributed by atoms with Crippen molar-refractivity contribution in [1.82, 2.24) is 24.9 Å².